The van der Waals surface area contributed by atoms with Crippen LogP contribution in [0.3, 0.4) is 0 Å². The van der Waals surface area contributed by atoms with Crippen molar-refractivity contribution >= 4 is 34.1 Å². The number of benzene rings is 3. The molecule has 0 fully saturated rings. The molecule has 1 unspecified atom stereocenters. The van der Waals surface area contributed by atoms with Crippen LogP contribution in [-0.2, 0) is 0 Å². The second-order valence-corrected chi connectivity index (χ2v) is 7.44. The van der Waals surface area contributed by atoms with Gasteiger partial charge in [-0.1, -0.05) is 65.8 Å². The van der Waals surface area contributed by atoms with E-state index in [0.29, 0.717) is 10.6 Å². The van der Waals surface area contributed by atoms with E-state index < -0.39 is 0 Å². The molecule has 0 N–H and O–H groups in total. The normalized spacial score (nSPS) is 15.8. The van der Waals surface area contributed by atoms with E-state index in [1.165, 1.54) is 0 Å². The highest BCUT2D eigenvalue weighted by atomic mass is 35.5. The molecule has 1 aliphatic rings. The van der Waals surface area contributed by atoms with Crippen molar-refractivity contribution in [3.8, 4) is 6.07 Å². The van der Waals surface area contributed by atoms with Crippen LogP contribution in [0.5, 0.6) is 0 Å². The van der Waals surface area contributed by atoms with Crippen LogP contribution in [0.4, 0.5) is 0 Å². The first kappa shape index (κ1) is 17.5. The maximum atomic E-state index is 9.03. The zero-order chi connectivity index (χ0) is 18.6. The number of rotatable bonds is 3. The van der Waals surface area contributed by atoms with Gasteiger partial charge in [0.1, 0.15) is 5.04 Å². The third-order valence-corrected chi connectivity index (χ3v) is 5.36. The summed E-state index contributed by atoms with van der Waals surface area (Å²) >= 11 is 7.56. The van der Waals surface area contributed by atoms with Gasteiger partial charge in [-0.3, -0.25) is 4.99 Å². The van der Waals surface area contributed by atoms with Gasteiger partial charge in [0, 0.05) is 15.5 Å². The van der Waals surface area contributed by atoms with Gasteiger partial charge in [-0.2, -0.15) is 5.26 Å². The maximum Gasteiger partial charge on any atom is 0.167 e. The average Bonchev–Trinajstić information content (AvgIpc) is 3.14. The van der Waals surface area contributed by atoms with Crippen LogP contribution in [-0.4, -0.2) is 10.8 Å². The van der Waals surface area contributed by atoms with Crippen LogP contribution in [0, 0.1) is 11.3 Å². The molecule has 0 radical (unpaired) electrons. The van der Waals surface area contributed by atoms with Crippen LogP contribution in [0.2, 0.25) is 5.02 Å². The highest BCUT2D eigenvalue weighted by molar-refractivity contribution is 8.15. The van der Waals surface area contributed by atoms with Crippen molar-refractivity contribution in [2.45, 2.75) is 11.1 Å². The SMILES string of the molecule is N#Cc1ccc(C2=NC(c3ccccc3)N=C2Sc2ccc(Cl)cc2)cc1. The van der Waals surface area contributed by atoms with Crippen molar-refractivity contribution in [1.82, 2.24) is 0 Å². The molecular weight excluding hydrogens is 374 g/mol. The lowest BCUT2D eigenvalue weighted by atomic mass is 10.1. The molecule has 0 aromatic heterocycles. The highest BCUT2D eigenvalue weighted by Gasteiger charge is 2.24. The molecule has 0 aliphatic carbocycles. The van der Waals surface area contributed by atoms with Gasteiger partial charge in [0.15, 0.2) is 6.17 Å². The molecular formula is C22H14ClN3S. The van der Waals surface area contributed by atoms with E-state index in [-0.39, 0.29) is 6.17 Å². The van der Waals surface area contributed by atoms with Crippen LogP contribution in [0.25, 0.3) is 0 Å². The molecule has 0 bridgehead atoms. The summed E-state index contributed by atoms with van der Waals surface area (Å²) in [4.78, 5) is 10.8. The Morgan fingerprint density at radius 1 is 0.852 bits per heavy atom. The number of nitrogens with zero attached hydrogens (tertiary/aromatic N) is 3. The third-order valence-electron chi connectivity index (χ3n) is 4.11. The van der Waals surface area contributed by atoms with E-state index in [4.69, 9.17) is 26.8 Å². The Morgan fingerprint density at radius 2 is 1.56 bits per heavy atom. The van der Waals surface area contributed by atoms with E-state index in [9.17, 15) is 0 Å². The number of hydrogen-bond acceptors (Lipinski definition) is 4. The smallest absolute Gasteiger partial charge is 0.167 e. The fourth-order valence-corrected chi connectivity index (χ4v) is 3.78. The van der Waals surface area contributed by atoms with E-state index in [0.717, 1.165) is 26.8 Å². The van der Waals surface area contributed by atoms with Gasteiger partial charge in [0.05, 0.1) is 17.3 Å². The van der Waals surface area contributed by atoms with Crippen LogP contribution in [0.1, 0.15) is 22.9 Å². The molecule has 3 aromatic carbocycles. The summed E-state index contributed by atoms with van der Waals surface area (Å²) < 4.78 is 0. The summed E-state index contributed by atoms with van der Waals surface area (Å²) in [6.07, 6.45) is -0.258. The Balaban J connectivity index is 1.71. The molecule has 1 aliphatic heterocycles. The van der Waals surface area contributed by atoms with Gasteiger partial charge in [0.25, 0.3) is 0 Å². The molecule has 0 amide bonds. The topological polar surface area (TPSA) is 48.5 Å². The summed E-state index contributed by atoms with van der Waals surface area (Å²) in [5.41, 5.74) is 3.47. The first-order valence-corrected chi connectivity index (χ1v) is 9.57. The van der Waals surface area contributed by atoms with Crippen molar-refractivity contribution in [1.29, 1.82) is 5.26 Å². The molecule has 1 atom stereocenters. The third kappa shape index (κ3) is 3.95. The van der Waals surface area contributed by atoms with Crippen molar-refractivity contribution in [3.05, 3.63) is 101 Å². The first-order valence-electron chi connectivity index (χ1n) is 8.38. The Hall–Kier alpha value is -2.87. The van der Waals surface area contributed by atoms with Gasteiger partial charge < -0.3 is 0 Å². The van der Waals surface area contributed by atoms with Gasteiger partial charge in [-0.15, -0.1) is 0 Å². The fraction of sp³-hybridized carbons (Fsp3) is 0.0455. The average molecular weight is 388 g/mol. The van der Waals surface area contributed by atoms with Gasteiger partial charge in [-0.05, 0) is 42.0 Å². The van der Waals surface area contributed by atoms with Crippen molar-refractivity contribution in [3.63, 3.8) is 0 Å². The number of halogens is 1. The van der Waals surface area contributed by atoms with Crippen LogP contribution in [0.15, 0.2) is 93.7 Å². The molecule has 1 heterocycles. The molecule has 0 saturated heterocycles. The van der Waals surface area contributed by atoms with E-state index in [1.54, 1.807) is 23.9 Å². The van der Waals surface area contributed by atoms with E-state index >= 15 is 0 Å². The van der Waals surface area contributed by atoms with Crippen molar-refractivity contribution in [2.24, 2.45) is 9.98 Å². The minimum atomic E-state index is -0.258. The minimum Gasteiger partial charge on any atom is -0.250 e. The largest absolute Gasteiger partial charge is 0.250 e. The van der Waals surface area contributed by atoms with Gasteiger partial charge in [0.2, 0.25) is 0 Å². The summed E-state index contributed by atoms with van der Waals surface area (Å²) in [6.45, 7) is 0. The summed E-state index contributed by atoms with van der Waals surface area (Å²) in [5, 5.41) is 10.6. The van der Waals surface area contributed by atoms with Gasteiger partial charge >= 0.3 is 0 Å². The molecule has 5 heteroatoms. The number of nitriles is 1. The fourth-order valence-electron chi connectivity index (χ4n) is 2.74. The Morgan fingerprint density at radius 3 is 2.22 bits per heavy atom. The zero-order valence-corrected chi connectivity index (χ0v) is 15.8. The monoisotopic (exact) mass is 387 g/mol. The summed E-state index contributed by atoms with van der Waals surface area (Å²) in [7, 11) is 0. The second-order valence-electron chi connectivity index (χ2n) is 5.94. The standard InChI is InChI=1S/C22H14ClN3S/c23-18-10-12-19(13-11-18)27-22-20(16-8-6-15(14-24)7-9-16)25-21(26-22)17-4-2-1-3-5-17/h1-13,21H. The van der Waals surface area contributed by atoms with Crippen molar-refractivity contribution in [2.75, 3.05) is 0 Å². The summed E-state index contributed by atoms with van der Waals surface area (Å²) in [6, 6.07) is 27.3. The second kappa shape index (κ2) is 7.79. The number of thioether (sulfide) groups is 1. The van der Waals surface area contributed by atoms with E-state index in [2.05, 4.69) is 6.07 Å². The first-order chi connectivity index (χ1) is 13.2. The Labute approximate surface area is 167 Å². The molecule has 0 saturated carbocycles. The Kier molecular flexibility index (Phi) is 5.06. The van der Waals surface area contributed by atoms with Gasteiger partial charge in [-0.25, -0.2) is 4.99 Å². The molecule has 3 nitrogen and oxygen atoms in total. The molecule has 4 rings (SSSR count). The molecule has 0 spiro atoms. The predicted octanol–water partition coefficient (Wildman–Crippen LogP) is 5.90. The zero-order valence-electron chi connectivity index (χ0n) is 14.2. The quantitative estimate of drug-likeness (QED) is 0.561. The summed E-state index contributed by atoms with van der Waals surface area (Å²) in [5.74, 6) is 0. The number of hydrogen-bond donors (Lipinski definition) is 0. The van der Waals surface area contributed by atoms with Crippen molar-refractivity contribution < 1.29 is 0 Å². The molecule has 130 valence electrons. The molecule has 27 heavy (non-hydrogen) atoms. The number of aliphatic imine (C=N–C) groups is 2. The molecule has 3 aromatic rings. The maximum absolute atomic E-state index is 9.03. The lowest BCUT2D eigenvalue weighted by Gasteiger charge is -2.05. The predicted molar refractivity (Wildman–Crippen MR) is 112 cm³/mol. The lowest BCUT2D eigenvalue weighted by Crippen LogP contribution is -2.08. The Bertz CT molecular complexity index is 1050. The van der Waals surface area contributed by atoms with E-state index in [1.807, 2.05) is 66.7 Å². The lowest BCUT2D eigenvalue weighted by molar-refractivity contribution is 0.799. The van der Waals surface area contributed by atoms with Crippen LogP contribution < -0.4 is 0 Å². The van der Waals surface area contributed by atoms with Crippen LogP contribution >= 0.6 is 23.4 Å². The highest BCUT2D eigenvalue weighted by Crippen LogP contribution is 2.33. The minimum absolute atomic E-state index is 0.258.